The van der Waals surface area contributed by atoms with Gasteiger partial charge in [0.05, 0.1) is 22.5 Å². The molecular formula is C21H14BrN5O7. The van der Waals surface area contributed by atoms with Crippen molar-refractivity contribution in [2.45, 2.75) is 6.61 Å². The lowest BCUT2D eigenvalue weighted by atomic mass is 10.1. The van der Waals surface area contributed by atoms with Gasteiger partial charge in [-0.2, -0.15) is 0 Å². The summed E-state index contributed by atoms with van der Waals surface area (Å²) in [4.78, 5) is 52.6. The third-order valence-corrected chi connectivity index (χ3v) is 5.20. The molecule has 0 aliphatic heterocycles. The van der Waals surface area contributed by atoms with Crippen molar-refractivity contribution in [3.63, 3.8) is 0 Å². The highest BCUT2D eigenvalue weighted by Crippen LogP contribution is 2.28. The first-order valence-corrected chi connectivity index (χ1v) is 10.3. The zero-order chi connectivity index (χ0) is 24.4. The van der Waals surface area contributed by atoms with Crippen LogP contribution >= 0.6 is 15.9 Å². The van der Waals surface area contributed by atoms with Crippen molar-refractivity contribution >= 4 is 50.3 Å². The largest absolute Gasteiger partial charge is 0.477 e. The number of nitro groups is 1. The number of carboxylic acid groups (broad SMARTS) is 1. The zero-order valence-corrected chi connectivity index (χ0v) is 18.6. The fourth-order valence-corrected chi connectivity index (χ4v) is 3.57. The number of aromatic carboxylic acids is 1. The van der Waals surface area contributed by atoms with Crippen LogP contribution in [0.25, 0.3) is 16.6 Å². The number of halogens is 1. The van der Waals surface area contributed by atoms with Crippen LogP contribution in [-0.4, -0.2) is 36.6 Å². The number of H-pyrrole nitrogens is 1. The Kier molecular flexibility index (Phi) is 6.10. The van der Waals surface area contributed by atoms with Gasteiger partial charge >= 0.3 is 12.1 Å². The maximum atomic E-state index is 12.0. The quantitative estimate of drug-likeness (QED) is 0.251. The fourth-order valence-electron chi connectivity index (χ4n) is 3.17. The number of anilines is 1. The summed E-state index contributed by atoms with van der Waals surface area (Å²) in [6.07, 6.45) is 2.02. The van der Waals surface area contributed by atoms with Crippen LogP contribution in [0.3, 0.4) is 0 Å². The molecule has 0 unspecified atom stereocenters. The van der Waals surface area contributed by atoms with Crippen LogP contribution < -0.4 is 10.9 Å². The lowest BCUT2D eigenvalue weighted by molar-refractivity contribution is -0.384. The standard InChI is InChI=1S/C21H14BrN5O7/c22-12-2-1-3-13(6-12)24-21(31)34-9-14-8-26(10-23-14)17-5-11-4-15(20(29)30)19(28)25-16(11)7-18(17)27(32)33/h1-8,10H,9H2,(H,24,31)(H,25,28)(H,29,30). The third-order valence-electron chi connectivity index (χ3n) is 4.70. The number of carboxylic acids is 1. The monoisotopic (exact) mass is 527 g/mol. The van der Waals surface area contributed by atoms with Gasteiger partial charge in [-0.1, -0.05) is 22.0 Å². The minimum absolute atomic E-state index is 0.0817. The van der Waals surface area contributed by atoms with Crippen LogP contribution in [0.4, 0.5) is 16.2 Å². The Hall–Kier alpha value is -4.52. The van der Waals surface area contributed by atoms with Gasteiger partial charge in [0.1, 0.15) is 17.9 Å². The molecule has 2 aromatic heterocycles. The number of nitrogens with zero attached hydrogens (tertiary/aromatic N) is 3. The Morgan fingerprint density at radius 3 is 2.76 bits per heavy atom. The molecule has 34 heavy (non-hydrogen) atoms. The van der Waals surface area contributed by atoms with E-state index in [9.17, 15) is 29.6 Å². The number of carbonyl (C=O) groups is 2. The number of carbonyl (C=O) groups excluding carboxylic acids is 1. The zero-order valence-electron chi connectivity index (χ0n) is 17.0. The van der Waals surface area contributed by atoms with Crippen molar-refractivity contribution in [2.24, 2.45) is 0 Å². The Morgan fingerprint density at radius 1 is 1.26 bits per heavy atom. The average Bonchev–Trinajstić information content (AvgIpc) is 3.25. The molecule has 3 N–H and O–H groups in total. The van der Waals surface area contributed by atoms with E-state index in [1.807, 2.05) is 0 Å². The number of hydrogen-bond acceptors (Lipinski definition) is 7. The molecule has 0 aliphatic carbocycles. The molecule has 0 saturated heterocycles. The molecule has 4 aromatic rings. The van der Waals surface area contributed by atoms with Crippen LogP contribution in [-0.2, 0) is 11.3 Å². The molecule has 2 heterocycles. The van der Waals surface area contributed by atoms with E-state index in [4.69, 9.17) is 4.74 Å². The van der Waals surface area contributed by atoms with Gasteiger partial charge in [0.2, 0.25) is 0 Å². The highest BCUT2D eigenvalue weighted by molar-refractivity contribution is 9.10. The summed E-state index contributed by atoms with van der Waals surface area (Å²) < 4.78 is 7.26. The molecule has 0 bridgehead atoms. The molecule has 0 atom stereocenters. The van der Waals surface area contributed by atoms with Crippen molar-refractivity contribution < 1.29 is 24.4 Å². The number of imidazole rings is 1. The minimum Gasteiger partial charge on any atom is -0.477 e. The van der Waals surface area contributed by atoms with E-state index in [1.54, 1.807) is 24.3 Å². The van der Waals surface area contributed by atoms with Crippen molar-refractivity contribution in [3.8, 4) is 5.69 Å². The lowest BCUT2D eigenvalue weighted by Gasteiger charge is -2.07. The molecule has 0 aliphatic rings. The van der Waals surface area contributed by atoms with Crippen LogP contribution in [0, 0.1) is 10.1 Å². The molecule has 0 fully saturated rings. The summed E-state index contributed by atoms with van der Waals surface area (Å²) in [5.41, 5.74) is -0.685. The number of ether oxygens (including phenoxy) is 1. The first-order chi connectivity index (χ1) is 16.2. The number of hydrogen-bond donors (Lipinski definition) is 3. The maximum Gasteiger partial charge on any atom is 0.412 e. The topological polar surface area (TPSA) is 169 Å². The second-order valence-corrected chi connectivity index (χ2v) is 7.90. The highest BCUT2D eigenvalue weighted by atomic mass is 79.9. The molecule has 0 spiro atoms. The van der Waals surface area contributed by atoms with Crippen molar-refractivity contribution in [1.82, 2.24) is 14.5 Å². The second kappa shape index (κ2) is 9.15. The number of aromatic amines is 1. The summed E-state index contributed by atoms with van der Waals surface area (Å²) in [6, 6.07) is 10.6. The molecule has 4 rings (SSSR count). The molecular weight excluding hydrogens is 514 g/mol. The molecule has 172 valence electrons. The summed E-state index contributed by atoms with van der Waals surface area (Å²) in [6.45, 7) is -0.204. The Balaban J connectivity index is 1.59. The first kappa shape index (κ1) is 22.7. The SMILES string of the molecule is O=C(Nc1cccc(Br)c1)OCc1cn(-c2cc3cc(C(=O)O)c(=O)[nH]c3cc2[N+](=O)[O-])cn1. The summed E-state index contributed by atoms with van der Waals surface area (Å²) in [5.74, 6) is -1.42. The average molecular weight is 528 g/mol. The Bertz CT molecular complexity index is 1510. The molecule has 0 radical (unpaired) electrons. The maximum absolute atomic E-state index is 12.0. The van der Waals surface area contributed by atoms with E-state index >= 15 is 0 Å². The molecule has 13 heteroatoms. The van der Waals surface area contributed by atoms with Crippen LogP contribution in [0.5, 0.6) is 0 Å². The smallest absolute Gasteiger partial charge is 0.412 e. The molecule has 12 nitrogen and oxygen atoms in total. The number of benzene rings is 2. The predicted molar refractivity (Wildman–Crippen MR) is 123 cm³/mol. The number of nitrogens with one attached hydrogen (secondary N) is 2. The van der Waals surface area contributed by atoms with Gasteiger partial charge < -0.3 is 14.8 Å². The predicted octanol–water partition coefficient (Wildman–Crippen LogP) is 3.83. The van der Waals surface area contributed by atoms with E-state index in [2.05, 4.69) is 31.2 Å². The van der Waals surface area contributed by atoms with Crippen LogP contribution in [0.1, 0.15) is 16.1 Å². The van der Waals surface area contributed by atoms with E-state index in [0.29, 0.717) is 11.4 Å². The Labute approximate surface area is 198 Å². The van der Waals surface area contributed by atoms with Crippen molar-refractivity contribution in [3.05, 3.63) is 91.2 Å². The minimum atomic E-state index is -1.42. The van der Waals surface area contributed by atoms with Gasteiger partial charge in [0, 0.05) is 27.8 Å². The fraction of sp³-hybridized carbons (Fsp3) is 0.0476. The van der Waals surface area contributed by atoms with Gasteiger partial charge in [-0.15, -0.1) is 0 Å². The number of amides is 1. The van der Waals surface area contributed by atoms with Gasteiger partial charge in [-0.25, -0.2) is 14.6 Å². The van der Waals surface area contributed by atoms with Gasteiger partial charge in [-0.3, -0.25) is 24.8 Å². The van der Waals surface area contributed by atoms with Gasteiger partial charge in [-0.05, 0) is 30.3 Å². The van der Waals surface area contributed by atoms with E-state index in [0.717, 1.165) is 16.6 Å². The summed E-state index contributed by atoms with van der Waals surface area (Å²) in [7, 11) is 0. The van der Waals surface area contributed by atoms with Crippen molar-refractivity contribution in [1.29, 1.82) is 0 Å². The number of nitro benzene ring substituents is 1. The third kappa shape index (κ3) is 4.78. The molecule has 1 amide bonds. The van der Waals surface area contributed by atoms with Gasteiger partial charge in [0.25, 0.3) is 11.2 Å². The van der Waals surface area contributed by atoms with E-state index in [1.165, 1.54) is 23.2 Å². The first-order valence-electron chi connectivity index (χ1n) is 9.52. The van der Waals surface area contributed by atoms with Gasteiger partial charge in [0.15, 0.2) is 0 Å². The Morgan fingerprint density at radius 2 is 2.06 bits per heavy atom. The molecule has 2 aromatic carbocycles. The highest BCUT2D eigenvalue weighted by Gasteiger charge is 2.20. The molecule has 0 saturated carbocycles. The van der Waals surface area contributed by atoms with E-state index in [-0.39, 0.29) is 28.9 Å². The normalized spacial score (nSPS) is 10.7. The second-order valence-electron chi connectivity index (χ2n) is 6.99. The van der Waals surface area contributed by atoms with E-state index < -0.39 is 28.1 Å². The summed E-state index contributed by atoms with van der Waals surface area (Å²) in [5, 5.41) is 23.6. The number of aromatic nitrogens is 3. The van der Waals surface area contributed by atoms with Crippen molar-refractivity contribution in [2.75, 3.05) is 5.32 Å². The number of pyridine rings is 1. The number of rotatable bonds is 6. The summed E-state index contributed by atoms with van der Waals surface area (Å²) >= 11 is 3.30. The lowest BCUT2D eigenvalue weighted by Crippen LogP contribution is -2.17. The van der Waals surface area contributed by atoms with Crippen LogP contribution in [0.15, 0.2) is 64.3 Å². The number of fused-ring (bicyclic) bond motifs is 1. The van der Waals surface area contributed by atoms with Crippen LogP contribution in [0.2, 0.25) is 0 Å².